The molecule has 94 valence electrons. The molecule has 1 aromatic heterocycles. The van der Waals surface area contributed by atoms with E-state index in [0.717, 1.165) is 0 Å². The fourth-order valence-corrected chi connectivity index (χ4v) is 2.47. The SMILES string of the molecule is N[C@@H](C(=O)N1CCOCC1)[C@@H](O)c1ccsc1. The zero-order valence-electron chi connectivity index (χ0n) is 9.41. The number of hydrogen-bond donors (Lipinski definition) is 2. The van der Waals surface area contributed by atoms with Crippen LogP contribution in [0.2, 0.25) is 0 Å². The molecule has 1 aliphatic heterocycles. The zero-order chi connectivity index (χ0) is 12.3. The van der Waals surface area contributed by atoms with Crippen LogP contribution < -0.4 is 5.73 Å². The Morgan fingerprint density at radius 2 is 2.24 bits per heavy atom. The summed E-state index contributed by atoms with van der Waals surface area (Å²) in [6, 6.07) is 0.879. The molecule has 5 nitrogen and oxygen atoms in total. The molecule has 0 spiro atoms. The van der Waals surface area contributed by atoms with E-state index in [2.05, 4.69) is 0 Å². The summed E-state index contributed by atoms with van der Waals surface area (Å²) in [6.07, 6.45) is -0.934. The number of nitrogens with two attached hydrogens (primary N) is 1. The van der Waals surface area contributed by atoms with E-state index in [4.69, 9.17) is 10.5 Å². The molecule has 1 saturated heterocycles. The number of carbonyl (C=O) groups is 1. The Hall–Kier alpha value is -0.950. The van der Waals surface area contributed by atoms with Crippen molar-refractivity contribution < 1.29 is 14.6 Å². The van der Waals surface area contributed by atoms with Gasteiger partial charge in [0.05, 0.1) is 13.2 Å². The summed E-state index contributed by atoms with van der Waals surface area (Å²) in [5.41, 5.74) is 6.50. The molecule has 0 radical (unpaired) electrons. The molecule has 6 heteroatoms. The predicted octanol–water partition coefficient (Wildman–Crippen LogP) is -0.0324. The summed E-state index contributed by atoms with van der Waals surface area (Å²) in [7, 11) is 0. The number of thiophene rings is 1. The van der Waals surface area contributed by atoms with Crippen LogP contribution in [-0.4, -0.2) is 48.3 Å². The van der Waals surface area contributed by atoms with Gasteiger partial charge in [0.15, 0.2) is 0 Å². The predicted molar refractivity (Wildman–Crippen MR) is 64.7 cm³/mol. The maximum atomic E-state index is 12.0. The average Bonchev–Trinajstić information content (AvgIpc) is 2.91. The summed E-state index contributed by atoms with van der Waals surface area (Å²) < 4.78 is 5.17. The van der Waals surface area contributed by atoms with Crippen molar-refractivity contribution in [2.75, 3.05) is 26.3 Å². The lowest BCUT2D eigenvalue weighted by Gasteiger charge is -2.30. The number of aliphatic hydroxyl groups is 1. The number of hydrogen-bond acceptors (Lipinski definition) is 5. The second-order valence-corrected chi connectivity index (χ2v) is 4.74. The third-order valence-electron chi connectivity index (χ3n) is 2.83. The van der Waals surface area contributed by atoms with E-state index in [1.165, 1.54) is 11.3 Å². The van der Waals surface area contributed by atoms with Gasteiger partial charge in [-0.2, -0.15) is 11.3 Å². The van der Waals surface area contributed by atoms with E-state index in [1.54, 1.807) is 16.3 Å². The van der Waals surface area contributed by atoms with E-state index in [-0.39, 0.29) is 5.91 Å². The minimum atomic E-state index is -0.934. The van der Waals surface area contributed by atoms with E-state index in [0.29, 0.717) is 31.9 Å². The first-order valence-electron chi connectivity index (χ1n) is 5.52. The number of rotatable bonds is 3. The van der Waals surface area contributed by atoms with Crippen LogP contribution in [0, 0.1) is 0 Å². The van der Waals surface area contributed by atoms with Crippen molar-refractivity contribution in [2.24, 2.45) is 5.73 Å². The highest BCUT2D eigenvalue weighted by Gasteiger charge is 2.29. The minimum absolute atomic E-state index is 0.216. The highest BCUT2D eigenvalue weighted by atomic mass is 32.1. The number of nitrogens with zero attached hydrogens (tertiary/aromatic N) is 1. The van der Waals surface area contributed by atoms with Crippen molar-refractivity contribution in [3.63, 3.8) is 0 Å². The zero-order valence-corrected chi connectivity index (χ0v) is 10.2. The maximum absolute atomic E-state index is 12.0. The van der Waals surface area contributed by atoms with Crippen molar-refractivity contribution in [1.29, 1.82) is 0 Å². The van der Waals surface area contributed by atoms with Crippen LogP contribution in [0.1, 0.15) is 11.7 Å². The van der Waals surface area contributed by atoms with Crippen molar-refractivity contribution in [3.05, 3.63) is 22.4 Å². The normalized spacial score (nSPS) is 20.0. The largest absolute Gasteiger partial charge is 0.386 e. The molecule has 1 aliphatic rings. The van der Waals surface area contributed by atoms with Gasteiger partial charge in [0.25, 0.3) is 0 Å². The molecular formula is C11H16N2O3S. The standard InChI is InChI=1S/C11H16N2O3S/c12-9(10(14)8-1-6-17-7-8)11(15)13-2-4-16-5-3-13/h1,6-7,9-10,14H,2-5,12H2/t9-,10+/m1/s1. The highest BCUT2D eigenvalue weighted by molar-refractivity contribution is 7.07. The Bertz CT molecular complexity index is 363. The first-order valence-corrected chi connectivity index (χ1v) is 6.46. The second-order valence-electron chi connectivity index (χ2n) is 3.96. The quantitative estimate of drug-likeness (QED) is 0.796. The van der Waals surface area contributed by atoms with Crippen molar-refractivity contribution in [2.45, 2.75) is 12.1 Å². The molecule has 0 aliphatic carbocycles. The van der Waals surface area contributed by atoms with Crippen LogP contribution in [0.15, 0.2) is 16.8 Å². The monoisotopic (exact) mass is 256 g/mol. The van der Waals surface area contributed by atoms with Gasteiger partial charge in [-0.25, -0.2) is 0 Å². The van der Waals surface area contributed by atoms with Gasteiger partial charge >= 0.3 is 0 Å². The first kappa shape index (κ1) is 12.5. The topological polar surface area (TPSA) is 75.8 Å². The molecule has 1 fully saturated rings. The van der Waals surface area contributed by atoms with Crippen molar-refractivity contribution in [3.8, 4) is 0 Å². The fourth-order valence-electron chi connectivity index (χ4n) is 1.78. The summed E-state index contributed by atoms with van der Waals surface area (Å²) in [6.45, 7) is 2.16. The summed E-state index contributed by atoms with van der Waals surface area (Å²) in [4.78, 5) is 13.7. The Balaban J connectivity index is 1.98. The molecule has 2 atom stereocenters. The van der Waals surface area contributed by atoms with E-state index in [9.17, 15) is 9.90 Å². The third-order valence-corrected chi connectivity index (χ3v) is 3.53. The van der Waals surface area contributed by atoms with Gasteiger partial charge in [-0.3, -0.25) is 4.79 Å². The molecule has 0 bridgehead atoms. The van der Waals surface area contributed by atoms with E-state index < -0.39 is 12.1 Å². The molecule has 0 saturated carbocycles. The lowest BCUT2D eigenvalue weighted by atomic mass is 10.0. The summed E-state index contributed by atoms with van der Waals surface area (Å²) in [5.74, 6) is -0.216. The fraction of sp³-hybridized carbons (Fsp3) is 0.545. The Labute approximate surface area is 104 Å². The van der Waals surface area contributed by atoms with Gasteiger partial charge in [-0.15, -0.1) is 0 Å². The Kier molecular flexibility index (Phi) is 4.11. The van der Waals surface area contributed by atoms with Crippen LogP contribution in [0.4, 0.5) is 0 Å². The first-order chi connectivity index (χ1) is 8.20. The molecule has 1 aromatic rings. The lowest BCUT2D eigenvalue weighted by molar-refractivity contribution is -0.139. The number of morpholine rings is 1. The van der Waals surface area contributed by atoms with Crippen LogP contribution in [0.25, 0.3) is 0 Å². The van der Waals surface area contributed by atoms with Crippen LogP contribution >= 0.6 is 11.3 Å². The molecule has 2 rings (SSSR count). The molecule has 3 N–H and O–H groups in total. The smallest absolute Gasteiger partial charge is 0.242 e. The second kappa shape index (κ2) is 5.59. The Morgan fingerprint density at radius 3 is 2.82 bits per heavy atom. The molecule has 2 heterocycles. The van der Waals surface area contributed by atoms with Gasteiger partial charge in [0.1, 0.15) is 12.1 Å². The van der Waals surface area contributed by atoms with Crippen molar-refractivity contribution in [1.82, 2.24) is 4.90 Å². The van der Waals surface area contributed by atoms with Crippen LogP contribution in [-0.2, 0) is 9.53 Å². The number of aliphatic hydroxyl groups excluding tert-OH is 1. The van der Waals surface area contributed by atoms with Crippen LogP contribution in [0.5, 0.6) is 0 Å². The minimum Gasteiger partial charge on any atom is -0.386 e. The summed E-state index contributed by atoms with van der Waals surface area (Å²) in [5, 5.41) is 13.6. The van der Waals surface area contributed by atoms with Gasteiger partial charge in [0, 0.05) is 13.1 Å². The number of carbonyl (C=O) groups excluding carboxylic acids is 1. The average molecular weight is 256 g/mol. The lowest BCUT2D eigenvalue weighted by Crippen LogP contribution is -2.50. The molecular weight excluding hydrogens is 240 g/mol. The van der Waals surface area contributed by atoms with E-state index in [1.807, 2.05) is 5.38 Å². The molecule has 1 amide bonds. The third kappa shape index (κ3) is 2.84. The van der Waals surface area contributed by atoms with Crippen molar-refractivity contribution >= 4 is 17.2 Å². The highest BCUT2D eigenvalue weighted by Crippen LogP contribution is 2.19. The van der Waals surface area contributed by atoms with Gasteiger partial charge in [0.2, 0.25) is 5.91 Å². The molecule has 17 heavy (non-hydrogen) atoms. The van der Waals surface area contributed by atoms with E-state index >= 15 is 0 Å². The number of ether oxygens (including phenoxy) is 1. The molecule has 0 unspecified atom stereocenters. The number of amides is 1. The van der Waals surface area contributed by atoms with Gasteiger partial charge < -0.3 is 20.5 Å². The van der Waals surface area contributed by atoms with Gasteiger partial charge in [-0.05, 0) is 22.4 Å². The van der Waals surface area contributed by atoms with Gasteiger partial charge in [-0.1, -0.05) is 0 Å². The Morgan fingerprint density at radius 1 is 1.53 bits per heavy atom. The maximum Gasteiger partial charge on any atom is 0.242 e. The summed E-state index contributed by atoms with van der Waals surface area (Å²) >= 11 is 1.47. The molecule has 0 aromatic carbocycles. The van der Waals surface area contributed by atoms with Crippen LogP contribution in [0.3, 0.4) is 0 Å².